The molecule has 3 aromatic heterocycles. The minimum Gasteiger partial charge on any atom is -0.362 e. The minimum atomic E-state index is -0.465. The first-order valence-electron chi connectivity index (χ1n) is 13.9. The van der Waals surface area contributed by atoms with Crippen molar-refractivity contribution in [2.45, 2.75) is 72.6 Å². The second-order valence-corrected chi connectivity index (χ2v) is 12.1. The summed E-state index contributed by atoms with van der Waals surface area (Å²) < 4.78 is 1.26. The van der Waals surface area contributed by atoms with Crippen molar-refractivity contribution >= 4 is 28.1 Å². The third kappa shape index (κ3) is 5.50. The van der Waals surface area contributed by atoms with E-state index in [1.807, 2.05) is 57.2 Å². The lowest BCUT2D eigenvalue weighted by Gasteiger charge is -2.23. The number of fused-ring (bicyclic) bond motifs is 1. The molecule has 0 atom stereocenters. The molecule has 7 nitrogen and oxygen atoms in total. The first kappa shape index (κ1) is 29.0. The lowest BCUT2D eigenvalue weighted by molar-refractivity contribution is 0.544. The molecule has 40 heavy (non-hydrogen) atoms. The van der Waals surface area contributed by atoms with E-state index in [2.05, 4.69) is 36.0 Å². The van der Waals surface area contributed by atoms with Crippen molar-refractivity contribution in [2.75, 3.05) is 18.0 Å². The van der Waals surface area contributed by atoms with Crippen LogP contribution >= 0.6 is 11.3 Å². The first-order valence-corrected chi connectivity index (χ1v) is 14.7. The quantitative estimate of drug-likeness (QED) is 0.248. The molecule has 0 amide bonds. The molecule has 0 radical (unpaired) electrons. The largest absolute Gasteiger partial charge is 0.362 e. The number of benzene rings is 1. The van der Waals surface area contributed by atoms with E-state index in [1.54, 1.807) is 18.3 Å². The standard InChI is InChI=1S/C32H36N6OS/c1-7-9-16-37(17-10-8-2)30-25(20-34)27(22-14-12-11-13-15-22)26(40-30)18-23-21(3)24(19-33)29(39)38-28(23)35-31(36-38)32(4,5)6/h11-15,18H,7-10,16-17H2,1-6H3/b23-18-. The SMILES string of the molecule is CCCCN(CCCC)c1sc(/C=c2/c(C)c(C#N)c(=O)n3nc(C(C)(C)C)nc23)c(-c2ccccc2)c1C#N. The zero-order valence-corrected chi connectivity index (χ0v) is 25.0. The van der Waals surface area contributed by atoms with Gasteiger partial charge in [-0.3, -0.25) is 4.79 Å². The fourth-order valence-electron chi connectivity index (χ4n) is 4.72. The predicted molar refractivity (Wildman–Crippen MR) is 163 cm³/mol. The maximum atomic E-state index is 13.2. The number of hydrogen-bond donors (Lipinski definition) is 0. The molecule has 0 bridgehead atoms. The number of anilines is 1. The monoisotopic (exact) mass is 552 g/mol. The van der Waals surface area contributed by atoms with Crippen molar-refractivity contribution in [1.82, 2.24) is 14.6 Å². The molecule has 0 aliphatic rings. The van der Waals surface area contributed by atoms with Crippen LogP contribution in [0.25, 0.3) is 22.9 Å². The van der Waals surface area contributed by atoms with Crippen molar-refractivity contribution in [3.8, 4) is 23.3 Å². The molecule has 3 heterocycles. The minimum absolute atomic E-state index is 0.0511. The number of hydrogen-bond acceptors (Lipinski definition) is 7. The van der Waals surface area contributed by atoms with Crippen LogP contribution in [0.3, 0.4) is 0 Å². The summed E-state index contributed by atoms with van der Waals surface area (Å²) in [7, 11) is 0. The van der Waals surface area contributed by atoms with E-state index in [4.69, 9.17) is 4.98 Å². The van der Waals surface area contributed by atoms with Crippen molar-refractivity contribution in [2.24, 2.45) is 0 Å². The van der Waals surface area contributed by atoms with Crippen molar-refractivity contribution in [1.29, 1.82) is 10.5 Å². The van der Waals surface area contributed by atoms with Crippen molar-refractivity contribution in [3.63, 3.8) is 0 Å². The van der Waals surface area contributed by atoms with Crippen LogP contribution in [0.4, 0.5) is 5.00 Å². The Morgan fingerprint density at radius 3 is 2.20 bits per heavy atom. The Morgan fingerprint density at radius 1 is 1.02 bits per heavy atom. The average molecular weight is 553 g/mol. The van der Waals surface area contributed by atoms with Crippen LogP contribution in [0.15, 0.2) is 35.1 Å². The summed E-state index contributed by atoms with van der Waals surface area (Å²) in [5.41, 5.74) is 2.66. The van der Waals surface area contributed by atoms with E-state index in [1.165, 1.54) is 4.52 Å². The highest BCUT2D eigenvalue weighted by atomic mass is 32.1. The Labute approximate surface area is 240 Å². The normalized spacial score (nSPS) is 12.1. The highest BCUT2D eigenvalue weighted by Gasteiger charge is 2.25. The molecule has 4 aromatic rings. The highest BCUT2D eigenvalue weighted by Crippen LogP contribution is 2.42. The molecule has 0 fully saturated rings. The molecule has 4 rings (SSSR count). The lowest BCUT2D eigenvalue weighted by Crippen LogP contribution is -2.27. The molecule has 0 spiro atoms. The summed E-state index contributed by atoms with van der Waals surface area (Å²) in [6, 6.07) is 14.6. The Hall–Kier alpha value is -4.01. The molecule has 206 valence electrons. The summed E-state index contributed by atoms with van der Waals surface area (Å²) in [6.45, 7) is 13.9. The van der Waals surface area contributed by atoms with E-state index in [-0.39, 0.29) is 11.0 Å². The fraction of sp³-hybridized carbons (Fsp3) is 0.406. The number of nitrogens with zero attached hydrogens (tertiary/aromatic N) is 6. The first-order chi connectivity index (χ1) is 19.2. The van der Waals surface area contributed by atoms with Crippen LogP contribution in [0, 0.1) is 29.6 Å². The van der Waals surface area contributed by atoms with Gasteiger partial charge in [0, 0.05) is 34.2 Å². The lowest BCUT2D eigenvalue weighted by atomic mass is 9.96. The van der Waals surface area contributed by atoms with E-state index < -0.39 is 5.56 Å². The van der Waals surface area contributed by atoms with Gasteiger partial charge in [-0.2, -0.15) is 15.0 Å². The second-order valence-electron chi connectivity index (χ2n) is 11.1. The molecule has 0 N–H and O–H groups in total. The van der Waals surface area contributed by atoms with Crippen LogP contribution in [0.5, 0.6) is 0 Å². The zero-order valence-electron chi connectivity index (χ0n) is 24.2. The third-order valence-electron chi connectivity index (χ3n) is 7.03. The number of rotatable bonds is 9. The van der Waals surface area contributed by atoms with Crippen LogP contribution in [-0.2, 0) is 5.41 Å². The molecule has 1 aromatic carbocycles. The second kappa shape index (κ2) is 12.0. The number of pyridine rings is 1. The number of nitriles is 2. The summed E-state index contributed by atoms with van der Waals surface area (Å²) in [5, 5.41) is 26.5. The van der Waals surface area contributed by atoms with Gasteiger partial charge < -0.3 is 4.90 Å². The predicted octanol–water partition coefficient (Wildman–Crippen LogP) is 6.12. The molecule has 0 aliphatic carbocycles. The summed E-state index contributed by atoms with van der Waals surface area (Å²) in [4.78, 5) is 21.2. The summed E-state index contributed by atoms with van der Waals surface area (Å²) >= 11 is 1.59. The van der Waals surface area contributed by atoms with Gasteiger partial charge in [0.25, 0.3) is 5.56 Å². The summed E-state index contributed by atoms with van der Waals surface area (Å²) in [5.74, 6) is 0.534. The van der Waals surface area contributed by atoms with E-state index >= 15 is 0 Å². The van der Waals surface area contributed by atoms with Crippen LogP contribution in [0.2, 0.25) is 0 Å². The van der Waals surface area contributed by atoms with E-state index in [0.29, 0.717) is 27.8 Å². The Kier molecular flexibility index (Phi) is 8.71. The van der Waals surface area contributed by atoms with Gasteiger partial charge in [-0.1, -0.05) is 77.8 Å². The molecular formula is C32H36N6OS. The van der Waals surface area contributed by atoms with Gasteiger partial charge in [0.2, 0.25) is 0 Å². The third-order valence-corrected chi connectivity index (χ3v) is 8.23. The van der Waals surface area contributed by atoms with Gasteiger partial charge in [-0.05, 0) is 37.0 Å². The Balaban J connectivity index is 2.11. The van der Waals surface area contributed by atoms with Crippen LogP contribution in [0.1, 0.15) is 87.7 Å². The molecule has 0 saturated heterocycles. The van der Waals surface area contributed by atoms with Gasteiger partial charge in [-0.15, -0.1) is 16.4 Å². The van der Waals surface area contributed by atoms with Crippen LogP contribution in [-0.4, -0.2) is 27.7 Å². The number of aromatic nitrogens is 3. The average Bonchev–Trinajstić information content (AvgIpc) is 3.54. The van der Waals surface area contributed by atoms with E-state index in [9.17, 15) is 15.3 Å². The maximum Gasteiger partial charge on any atom is 0.291 e. The molecule has 0 saturated carbocycles. The van der Waals surface area contributed by atoms with Gasteiger partial charge >= 0.3 is 0 Å². The smallest absolute Gasteiger partial charge is 0.291 e. The zero-order chi connectivity index (χ0) is 29.0. The maximum absolute atomic E-state index is 13.2. The van der Waals surface area contributed by atoms with Gasteiger partial charge in [-0.25, -0.2) is 4.98 Å². The van der Waals surface area contributed by atoms with Gasteiger partial charge in [0.1, 0.15) is 22.7 Å². The molecule has 8 heteroatoms. The van der Waals surface area contributed by atoms with Crippen molar-refractivity contribution < 1.29 is 0 Å². The Morgan fingerprint density at radius 2 is 1.65 bits per heavy atom. The number of unbranched alkanes of at least 4 members (excludes halogenated alkanes) is 2. The van der Waals surface area contributed by atoms with Crippen LogP contribution < -0.4 is 15.7 Å². The molecular weight excluding hydrogens is 516 g/mol. The topological polar surface area (TPSA) is 98.1 Å². The molecule has 0 unspecified atom stereocenters. The highest BCUT2D eigenvalue weighted by molar-refractivity contribution is 7.17. The molecule has 0 aliphatic heterocycles. The van der Waals surface area contributed by atoms with Crippen molar-refractivity contribution in [3.05, 3.63) is 73.3 Å². The van der Waals surface area contributed by atoms with Gasteiger partial charge in [0.15, 0.2) is 11.5 Å². The van der Waals surface area contributed by atoms with E-state index in [0.717, 1.165) is 59.8 Å². The fourth-order valence-corrected chi connectivity index (χ4v) is 5.99. The van der Waals surface area contributed by atoms with Gasteiger partial charge in [0.05, 0.1) is 5.56 Å². The summed E-state index contributed by atoms with van der Waals surface area (Å²) in [6.07, 6.45) is 6.20. The Bertz CT molecular complexity index is 1710. The number of thiophene rings is 1.